The van der Waals surface area contributed by atoms with Gasteiger partial charge in [-0.15, -0.1) is 0 Å². The number of nitrogens with two attached hydrogens (primary N) is 1. The highest BCUT2D eigenvalue weighted by atomic mass is 35.5. The fraction of sp³-hybridized carbons (Fsp3) is 0.417. The first-order valence-corrected chi connectivity index (χ1v) is 5.82. The van der Waals surface area contributed by atoms with Crippen LogP contribution in [-0.4, -0.2) is 5.91 Å². The van der Waals surface area contributed by atoms with Gasteiger partial charge in [0.15, 0.2) is 0 Å². The lowest BCUT2D eigenvalue weighted by atomic mass is 10.0. The molecule has 1 rings (SSSR count). The van der Waals surface area contributed by atoms with Gasteiger partial charge in [-0.1, -0.05) is 25.4 Å². The molecule has 1 aromatic rings. The van der Waals surface area contributed by atoms with E-state index in [2.05, 4.69) is 5.32 Å². The predicted molar refractivity (Wildman–Crippen MR) is 68.6 cm³/mol. The fourth-order valence-electron chi connectivity index (χ4n) is 1.51. The minimum Gasteiger partial charge on any atom is -0.398 e. The van der Waals surface area contributed by atoms with Gasteiger partial charge in [-0.2, -0.15) is 0 Å². The van der Waals surface area contributed by atoms with Crippen LogP contribution >= 0.6 is 11.6 Å². The SMILES string of the molecule is CCC(CC)C(=O)Nc1ccc(N)c(Cl)c1. The van der Waals surface area contributed by atoms with Gasteiger partial charge in [0.2, 0.25) is 5.91 Å². The molecule has 0 aliphatic heterocycles. The number of carbonyl (C=O) groups is 1. The Balaban J connectivity index is 2.73. The summed E-state index contributed by atoms with van der Waals surface area (Å²) in [5.74, 6) is 0.0853. The molecule has 0 unspecified atom stereocenters. The highest BCUT2D eigenvalue weighted by molar-refractivity contribution is 6.33. The smallest absolute Gasteiger partial charge is 0.227 e. The first-order chi connectivity index (χ1) is 7.58. The molecule has 3 nitrogen and oxygen atoms in total. The Labute approximate surface area is 101 Å². The van der Waals surface area contributed by atoms with Crippen LogP contribution < -0.4 is 11.1 Å². The van der Waals surface area contributed by atoms with E-state index >= 15 is 0 Å². The van der Waals surface area contributed by atoms with Gasteiger partial charge in [-0.25, -0.2) is 0 Å². The van der Waals surface area contributed by atoms with Crippen LogP contribution in [0.4, 0.5) is 11.4 Å². The van der Waals surface area contributed by atoms with Crippen molar-refractivity contribution in [2.45, 2.75) is 26.7 Å². The lowest BCUT2D eigenvalue weighted by molar-refractivity contribution is -0.120. The van der Waals surface area contributed by atoms with E-state index < -0.39 is 0 Å². The van der Waals surface area contributed by atoms with Crippen molar-refractivity contribution in [3.63, 3.8) is 0 Å². The van der Waals surface area contributed by atoms with Crippen molar-refractivity contribution in [3.05, 3.63) is 23.2 Å². The van der Waals surface area contributed by atoms with Gasteiger partial charge in [0, 0.05) is 11.6 Å². The molecular formula is C12H17ClN2O. The standard InChI is InChI=1S/C12H17ClN2O/c1-3-8(4-2)12(16)15-9-5-6-11(14)10(13)7-9/h5-8H,3-4,14H2,1-2H3,(H,15,16). The molecule has 1 amide bonds. The number of amides is 1. The van der Waals surface area contributed by atoms with E-state index in [0.717, 1.165) is 12.8 Å². The highest BCUT2D eigenvalue weighted by Crippen LogP contribution is 2.23. The molecule has 3 N–H and O–H groups in total. The molecule has 88 valence electrons. The van der Waals surface area contributed by atoms with Gasteiger partial charge in [0.05, 0.1) is 10.7 Å². The zero-order valence-electron chi connectivity index (χ0n) is 9.59. The van der Waals surface area contributed by atoms with Gasteiger partial charge in [-0.05, 0) is 31.0 Å². The molecule has 0 saturated heterocycles. The second-order valence-corrected chi connectivity index (χ2v) is 4.15. The normalized spacial score (nSPS) is 10.5. The molecule has 16 heavy (non-hydrogen) atoms. The van der Waals surface area contributed by atoms with Gasteiger partial charge >= 0.3 is 0 Å². The molecule has 0 heterocycles. The van der Waals surface area contributed by atoms with Crippen LogP contribution in [0.3, 0.4) is 0 Å². The molecule has 0 saturated carbocycles. The Morgan fingerprint density at radius 2 is 2.06 bits per heavy atom. The summed E-state index contributed by atoms with van der Waals surface area (Å²) in [6.07, 6.45) is 1.68. The van der Waals surface area contributed by atoms with Crippen molar-refractivity contribution in [2.75, 3.05) is 11.1 Å². The maximum atomic E-state index is 11.8. The van der Waals surface area contributed by atoms with Crippen LogP contribution in [0.5, 0.6) is 0 Å². The largest absolute Gasteiger partial charge is 0.398 e. The number of benzene rings is 1. The predicted octanol–water partition coefficient (Wildman–Crippen LogP) is 3.30. The molecule has 0 atom stereocenters. The summed E-state index contributed by atoms with van der Waals surface area (Å²) in [6, 6.07) is 5.10. The summed E-state index contributed by atoms with van der Waals surface area (Å²) in [5.41, 5.74) is 6.79. The van der Waals surface area contributed by atoms with Crippen LogP contribution in [0, 0.1) is 5.92 Å². The molecule has 0 aromatic heterocycles. The molecule has 1 aromatic carbocycles. The zero-order valence-corrected chi connectivity index (χ0v) is 10.3. The van der Waals surface area contributed by atoms with Crippen LogP contribution in [0.15, 0.2) is 18.2 Å². The monoisotopic (exact) mass is 240 g/mol. The third-order valence-corrected chi connectivity index (χ3v) is 2.95. The molecule has 0 radical (unpaired) electrons. The Bertz CT molecular complexity index is 375. The number of carbonyl (C=O) groups excluding carboxylic acids is 1. The average molecular weight is 241 g/mol. The summed E-state index contributed by atoms with van der Waals surface area (Å²) in [7, 11) is 0. The van der Waals surface area contributed by atoms with Crippen LogP contribution in [0.25, 0.3) is 0 Å². The van der Waals surface area contributed by atoms with E-state index in [1.54, 1.807) is 18.2 Å². The maximum absolute atomic E-state index is 11.8. The lowest BCUT2D eigenvalue weighted by Gasteiger charge is -2.13. The Morgan fingerprint density at radius 1 is 1.44 bits per heavy atom. The molecule has 0 aliphatic carbocycles. The number of hydrogen-bond donors (Lipinski definition) is 2. The molecular weight excluding hydrogens is 224 g/mol. The average Bonchev–Trinajstić information content (AvgIpc) is 2.25. The van der Waals surface area contributed by atoms with E-state index in [0.29, 0.717) is 16.4 Å². The molecule has 0 fully saturated rings. The van der Waals surface area contributed by atoms with Crippen molar-refractivity contribution >= 4 is 28.9 Å². The molecule has 0 aliphatic rings. The quantitative estimate of drug-likeness (QED) is 0.794. The second-order valence-electron chi connectivity index (χ2n) is 3.74. The highest BCUT2D eigenvalue weighted by Gasteiger charge is 2.14. The number of hydrogen-bond acceptors (Lipinski definition) is 2. The Kier molecular flexibility index (Phi) is 4.62. The minimum atomic E-state index is 0.0332. The number of nitrogens with one attached hydrogen (secondary N) is 1. The van der Waals surface area contributed by atoms with Crippen LogP contribution in [0.1, 0.15) is 26.7 Å². The third-order valence-electron chi connectivity index (χ3n) is 2.62. The summed E-state index contributed by atoms with van der Waals surface area (Å²) in [6.45, 7) is 4.01. The molecule has 0 spiro atoms. The summed E-state index contributed by atoms with van der Waals surface area (Å²) < 4.78 is 0. The second kappa shape index (κ2) is 5.75. The van der Waals surface area contributed by atoms with Gasteiger partial charge in [0.25, 0.3) is 0 Å². The van der Waals surface area contributed by atoms with Gasteiger partial charge in [0.1, 0.15) is 0 Å². The summed E-state index contributed by atoms with van der Waals surface area (Å²) in [4.78, 5) is 11.8. The lowest BCUT2D eigenvalue weighted by Crippen LogP contribution is -2.21. The van der Waals surface area contributed by atoms with Crippen molar-refractivity contribution in [1.82, 2.24) is 0 Å². The van der Waals surface area contributed by atoms with Gasteiger partial charge < -0.3 is 11.1 Å². The van der Waals surface area contributed by atoms with E-state index in [1.807, 2.05) is 13.8 Å². The fourth-order valence-corrected chi connectivity index (χ4v) is 1.69. The van der Waals surface area contributed by atoms with Crippen molar-refractivity contribution in [1.29, 1.82) is 0 Å². The number of nitrogen functional groups attached to an aromatic ring is 1. The summed E-state index contributed by atoms with van der Waals surface area (Å²) in [5, 5.41) is 3.29. The Hall–Kier alpha value is -1.22. The minimum absolute atomic E-state index is 0.0332. The first kappa shape index (κ1) is 12.8. The van der Waals surface area contributed by atoms with E-state index in [1.165, 1.54) is 0 Å². The topological polar surface area (TPSA) is 55.1 Å². The van der Waals surface area contributed by atoms with E-state index in [9.17, 15) is 4.79 Å². The van der Waals surface area contributed by atoms with Crippen LogP contribution in [0.2, 0.25) is 5.02 Å². The van der Waals surface area contributed by atoms with Crippen molar-refractivity contribution < 1.29 is 4.79 Å². The van der Waals surface area contributed by atoms with E-state index in [-0.39, 0.29) is 11.8 Å². The molecule has 4 heteroatoms. The maximum Gasteiger partial charge on any atom is 0.227 e. The Morgan fingerprint density at radius 3 is 2.56 bits per heavy atom. The number of anilines is 2. The molecule has 0 bridgehead atoms. The van der Waals surface area contributed by atoms with E-state index in [4.69, 9.17) is 17.3 Å². The van der Waals surface area contributed by atoms with Crippen LogP contribution in [-0.2, 0) is 4.79 Å². The summed E-state index contributed by atoms with van der Waals surface area (Å²) >= 11 is 5.87. The van der Waals surface area contributed by atoms with Crippen molar-refractivity contribution in [3.8, 4) is 0 Å². The number of rotatable bonds is 4. The van der Waals surface area contributed by atoms with Gasteiger partial charge in [-0.3, -0.25) is 4.79 Å². The third kappa shape index (κ3) is 3.14. The zero-order chi connectivity index (χ0) is 12.1. The van der Waals surface area contributed by atoms with Crippen molar-refractivity contribution in [2.24, 2.45) is 5.92 Å². The number of halogens is 1. The first-order valence-electron chi connectivity index (χ1n) is 5.44.